The van der Waals surface area contributed by atoms with E-state index < -0.39 is 0 Å². The van der Waals surface area contributed by atoms with Gasteiger partial charge in [-0.3, -0.25) is 4.79 Å². The Hall–Kier alpha value is -2.01. The number of fused-ring (bicyclic) bond motifs is 1. The van der Waals surface area contributed by atoms with Gasteiger partial charge in [0.1, 0.15) is 11.6 Å². The number of thioether (sulfide) groups is 1. The second kappa shape index (κ2) is 7.71. The molecule has 24 heavy (non-hydrogen) atoms. The predicted octanol–water partition coefficient (Wildman–Crippen LogP) is 3.60. The second-order valence-corrected chi connectivity index (χ2v) is 7.00. The third-order valence-corrected chi connectivity index (χ3v) is 4.90. The second-order valence-electron chi connectivity index (χ2n) is 5.96. The predicted molar refractivity (Wildman–Crippen MR) is 94.1 cm³/mol. The van der Waals surface area contributed by atoms with E-state index >= 15 is 0 Å². The molecule has 0 spiro atoms. The van der Waals surface area contributed by atoms with Crippen molar-refractivity contribution in [2.75, 3.05) is 12.4 Å². The van der Waals surface area contributed by atoms with Crippen LogP contribution >= 0.6 is 11.8 Å². The lowest BCUT2D eigenvalue weighted by atomic mass is 10.0. The van der Waals surface area contributed by atoms with Crippen molar-refractivity contribution in [3.05, 3.63) is 59.4 Å². The van der Waals surface area contributed by atoms with Crippen molar-refractivity contribution in [1.82, 2.24) is 5.32 Å². The number of ether oxygens (including phenoxy) is 1. The monoisotopic (exact) mass is 345 g/mol. The molecule has 0 aromatic heterocycles. The quantitative estimate of drug-likeness (QED) is 0.813. The first-order valence-corrected chi connectivity index (χ1v) is 9.01. The minimum absolute atomic E-state index is 0.0127. The van der Waals surface area contributed by atoms with Gasteiger partial charge in [0.25, 0.3) is 0 Å². The summed E-state index contributed by atoms with van der Waals surface area (Å²) in [6, 6.07) is 12.5. The van der Waals surface area contributed by atoms with Gasteiger partial charge >= 0.3 is 0 Å². The number of halogens is 1. The number of nitrogens with one attached hydrogen (secondary N) is 1. The topological polar surface area (TPSA) is 38.3 Å². The highest BCUT2D eigenvalue weighted by Gasteiger charge is 2.14. The number of carbonyl (C=O) groups is 1. The van der Waals surface area contributed by atoms with Gasteiger partial charge in [0.2, 0.25) is 5.91 Å². The Morgan fingerprint density at radius 1 is 1.29 bits per heavy atom. The van der Waals surface area contributed by atoms with Crippen molar-refractivity contribution in [1.29, 1.82) is 0 Å². The van der Waals surface area contributed by atoms with Crippen LogP contribution in [0.4, 0.5) is 4.39 Å². The largest absolute Gasteiger partial charge is 0.493 e. The SMILES string of the molecule is C[C@@H](Cc1ccc2c(c1)CCO2)NC(=O)CSc1ccc(F)cc1. The van der Waals surface area contributed by atoms with E-state index in [1.807, 2.05) is 13.0 Å². The summed E-state index contributed by atoms with van der Waals surface area (Å²) in [5.74, 6) is 1.03. The number of carbonyl (C=O) groups excluding carboxylic acids is 1. The molecule has 126 valence electrons. The van der Waals surface area contributed by atoms with Crippen LogP contribution in [0.15, 0.2) is 47.4 Å². The summed E-state index contributed by atoms with van der Waals surface area (Å²) in [6.07, 6.45) is 1.75. The standard InChI is InChI=1S/C19H20FNO2S/c1-13(10-14-2-7-18-15(11-14)8-9-23-18)21-19(22)12-24-17-5-3-16(20)4-6-17/h2-7,11,13H,8-10,12H2,1H3,(H,21,22)/t13-/m0/s1. The molecule has 2 aromatic rings. The van der Waals surface area contributed by atoms with Crippen LogP contribution in [-0.4, -0.2) is 24.3 Å². The van der Waals surface area contributed by atoms with E-state index in [0.717, 1.165) is 30.1 Å². The maximum atomic E-state index is 12.9. The molecule has 0 unspecified atom stereocenters. The third kappa shape index (κ3) is 4.51. The Labute approximate surface area is 145 Å². The Bertz CT molecular complexity index is 718. The van der Waals surface area contributed by atoms with Crippen LogP contribution in [0.25, 0.3) is 0 Å². The zero-order chi connectivity index (χ0) is 16.9. The Kier molecular flexibility index (Phi) is 5.41. The van der Waals surface area contributed by atoms with Crippen molar-refractivity contribution >= 4 is 17.7 Å². The molecule has 1 aliphatic heterocycles. The van der Waals surface area contributed by atoms with Crippen molar-refractivity contribution in [2.24, 2.45) is 0 Å². The van der Waals surface area contributed by atoms with Crippen LogP contribution in [0, 0.1) is 5.82 Å². The van der Waals surface area contributed by atoms with Gasteiger partial charge in [0, 0.05) is 17.4 Å². The fourth-order valence-corrected chi connectivity index (χ4v) is 3.48. The summed E-state index contributed by atoms with van der Waals surface area (Å²) < 4.78 is 18.4. The Morgan fingerprint density at radius 2 is 2.08 bits per heavy atom. The van der Waals surface area contributed by atoms with Gasteiger partial charge < -0.3 is 10.1 Å². The van der Waals surface area contributed by atoms with E-state index in [1.165, 1.54) is 35.0 Å². The first-order valence-electron chi connectivity index (χ1n) is 8.02. The zero-order valence-electron chi connectivity index (χ0n) is 13.5. The lowest BCUT2D eigenvalue weighted by Crippen LogP contribution is -2.35. The van der Waals surface area contributed by atoms with Crippen LogP contribution in [0.2, 0.25) is 0 Å². The van der Waals surface area contributed by atoms with Crippen LogP contribution in [-0.2, 0) is 17.6 Å². The van der Waals surface area contributed by atoms with Gasteiger partial charge in [0.15, 0.2) is 0 Å². The Balaban J connectivity index is 1.46. The van der Waals surface area contributed by atoms with Gasteiger partial charge in [-0.25, -0.2) is 4.39 Å². The molecule has 0 radical (unpaired) electrons. The van der Waals surface area contributed by atoms with Crippen molar-refractivity contribution < 1.29 is 13.9 Å². The maximum absolute atomic E-state index is 12.9. The van der Waals surface area contributed by atoms with Crippen molar-refractivity contribution in [3.8, 4) is 5.75 Å². The molecule has 2 aromatic carbocycles. The summed E-state index contributed by atoms with van der Waals surface area (Å²) in [6.45, 7) is 2.76. The molecular formula is C19H20FNO2S. The van der Waals surface area contributed by atoms with Crippen molar-refractivity contribution in [3.63, 3.8) is 0 Å². The minimum Gasteiger partial charge on any atom is -0.493 e. The van der Waals surface area contributed by atoms with E-state index in [0.29, 0.717) is 5.75 Å². The van der Waals surface area contributed by atoms with Crippen LogP contribution in [0.1, 0.15) is 18.1 Å². The molecule has 0 saturated heterocycles. The highest BCUT2D eigenvalue weighted by Crippen LogP contribution is 2.26. The first-order chi connectivity index (χ1) is 11.6. The van der Waals surface area contributed by atoms with E-state index in [2.05, 4.69) is 17.4 Å². The molecule has 3 rings (SSSR count). The normalized spacial score (nSPS) is 13.9. The molecule has 1 heterocycles. The summed E-state index contributed by atoms with van der Waals surface area (Å²) in [7, 11) is 0. The molecular weight excluding hydrogens is 325 g/mol. The lowest BCUT2D eigenvalue weighted by Gasteiger charge is -2.14. The summed E-state index contributed by atoms with van der Waals surface area (Å²) in [5.41, 5.74) is 2.45. The van der Waals surface area contributed by atoms with E-state index in [-0.39, 0.29) is 17.8 Å². The van der Waals surface area contributed by atoms with Gasteiger partial charge in [-0.2, -0.15) is 0 Å². The average Bonchev–Trinajstić information content (AvgIpc) is 3.02. The smallest absolute Gasteiger partial charge is 0.230 e. The summed E-state index contributed by atoms with van der Waals surface area (Å²) in [4.78, 5) is 12.9. The van der Waals surface area contributed by atoms with Crippen LogP contribution < -0.4 is 10.1 Å². The van der Waals surface area contributed by atoms with Gasteiger partial charge in [0.05, 0.1) is 12.4 Å². The van der Waals surface area contributed by atoms with E-state index in [1.54, 1.807) is 12.1 Å². The lowest BCUT2D eigenvalue weighted by molar-refractivity contribution is -0.119. The molecule has 1 N–H and O–H groups in total. The third-order valence-electron chi connectivity index (χ3n) is 3.89. The molecule has 0 bridgehead atoms. The van der Waals surface area contributed by atoms with Crippen molar-refractivity contribution in [2.45, 2.75) is 30.7 Å². The molecule has 5 heteroatoms. The molecule has 0 saturated carbocycles. The van der Waals surface area contributed by atoms with Crippen LogP contribution in [0.5, 0.6) is 5.75 Å². The molecule has 3 nitrogen and oxygen atoms in total. The molecule has 0 aliphatic carbocycles. The number of hydrogen-bond acceptors (Lipinski definition) is 3. The minimum atomic E-state index is -0.267. The van der Waals surface area contributed by atoms with Gasteiger partial charge in [-0.15, -0.1) is 11.8 Å². The number of hydrogen-bond donors (Lipinski definition) is 1. The zero-order valence-corrected chi connectivity index (χ0v) is 14.4. The van der Waals surface area contributed by atoms with E-state index in [4.69, 9.17) is 4.74 Å². The van der Waals surface area contributed by atoms with Gasteiger partial charge in [-0.05, 0) is 54.8 Å². The fraction of sp³-hybridized carbons (Fsp3) is 0.316. The molecule has 1 amide bonds. The number of rotatable bonds is 6. The molecule has 0 fully saturated rings. The van der Waals surface area contributed by atoms with Crippen LogP contribution in [0.3, 0.4) is 0 Å². The summed E-state index contributed by atoms with van der Waals surface area (Å²) >= 11 is 1.41. The number of benzene rings is 2. The summed E-state index contributed by atoms with van der Waals surface area (Å²) in [5, 5.41) is 3.01. The number of amides is 1. The molecule has 1 atom stereocenters. The first kappa shape index (κ1) is 16.8. The van der Waals surface area contributed by atoms with Gasteiger partial charge in [-0.1, -0.05) is 12.1 Å². The highest BCUT2D eigenvalue weighted by atomic mass is 32.2. The Morgan fingerprint density at radius 3 is 2.88 bits per heavy atom. The van der Waals surface area contributed by atoms with E-state index in [9.17, 15) is 9.18 Å². The fourth-order valence-electron chi connectivity index (χ4n) is 2.77. The average molecular weight is 345 g/mol. The maximum Gasteiger partial charge on any atom is 0.230 e. The molecule has 1 aliphatic rings. The highest BCUT2D eigenvalue weighted by molar-refractivity contribution is 8.00.